The molecule has 56 valence electrons. The van der Waals surface area contributed by atoms with Crippen molar-refractivity contribution in [2.45, 2.75) is 31.9 Å². The minimum atomic E-state index is 0.293. The van der Waals surface area contributed by atoms with E-state index in [1.54, 1.807) is 0 Å². The van der Waals surface area contributed by atoms with Crippen LogP contribution in [-0.2, 0) is 4.74 Å². The third-order valence-corrected chi connectivity index (χ3v) is 2.47. The molecule has 0 saturated carbocycles. The molecule has 0 radical (unpaired) electrons. The number of hydrogen-bond donors (Lipinski definition) is 0. The molecule has 9 heavy (non-hydrogen) atoms. The highest BCUT2D eigenvalue weighted by atomic mass is 35.5. The van der Waals surface area contributed by atoms with E-state index >= 15 is 0 Å². The van der Waals surface area contributed by atoms with Crippen molar-refractivity contribution >= 4 is 21.8 Å². The van der Waals surface area contributed by atoms with E-state index in [2.05, 4.69) is 20.8 Å². The van der Waals surface area contributed by atoms with Crippen LogP contribution in [0, 0.1) is 0 Å². The highest BCUT2D eigenvalue weighted by molar-refractivity contribution is 6.17. The monoisotopic (exact) mass is 166 g/mol. The highest BCUT2D eigenvalue weighted by Crippen LogP contribution is 2.25. The lowest BCUT2D eigenvalue weighted by atomic mass is 10.1. The first-order valence-corrected chi connectivity index (χ1v) is 4.69. The molecule has 0 N–H and O–H groups in total. The second kappa shape index (κ2) is 3.59. The summed E-state index contributed by atoms with van der Waals surface area (Å²) in [6.45, 7) is 6.45. The number of alkyl halides is 1. The quantitative estimate of drug-likeness (QED) is 0.452. The molecule has 0 aromatic rings. The first-order valence-electron chi connectivity index (χ1n) is 3.16. The van der Waals surface area contributed by atoms with Crippen molar-refractivity contribution in [1.82, 2.24) is 0 Å². The summed E-state index contributed by atoms with van der Waals surface area (Å²) >= 11 is 5.40. The van der Waals surface area contributed by atoms with Gasteiger partial charge in [0.2, 0.25) is 0 Å². The van der Waals surface area contributed by atoms with Crippen LogP contribution >= 0.6 is 11.6 Å². The van der Waals surface area contributed by atoms with Gasteiger partial charge in [0.25, 0.3) is 0 Å². The lowest BCUT2D eigenvalue weighted by molar-refractivity contribution is 0.0735. The molecule has 0 spiro atoms. The molecule has 0 aliphatic rings. The van der Waals surface area contributed by atoms with E-state index in [9.17, 15) is 0 Å². The molecule has 0 bridgehead atoms. The number of ether oxygens (including phenoxy) is 1. The summed E-state index contributed by atoms with van der Waals surface area (Å²) in [6.07, 6.45) is 0.293. The van der Waals surface area contributed by atoms with Gasteiger partial charge in [-0.2, -0.15) is 0 Å². The predicted molar refractivity (Wildman–Crippen MR) is 45.2 cm³/mol. The molecule has 0 rings (SSSR count). The second-order valence-corrected chi connectivity index (χ2v) is 6.08. The minimum absolute atomic E-state index is 0.293. The van der Waals surface area contributed by atoms with Gasteiger partial charge in [0.05, 0.1) is 6.10 Å². The number of halogens is 1. The summed E-state index contributed by atoms with van der Waals surface area (Å²) in [5.41, 5.74) is 0. The molecule has 0 amide bonds. The standard InChI is InChI=1S/C6H15ClOSi/c1-5(8-4-7)6(2,3)9/h5H,4H2,1-3,9H3. The summed E-state index contributed by atoms with van der Waals surface area (Å²) in [4.78, 5) is 0. The van der Waals surface area contributed by atoms with Crippen LogP contribution in [0.1, 0.15) is 20.8 Å². The molecule has 1 nitrogen and oxygen atoms in total. The van der Waals surface area contributed by atoms with Crippen LogP contribution in [0.4, 0.5) is 0 Å². The Morgan fingerprint density at radius 1 is 1.67 bits per heavy atom. The van der Waals surface area contributed by atoms with Crippen molar-refractivity contribution in [3.63, 3.8) is 0 Å². The van der Waals surface area contributed by atoms with Crippen LogP contribution in [0.2, 0.25) is 5.04 Å². The molecule has 1 atom stereocenters. The molecule has 0 aliphatic heterocycles. The molecule has 1 unspecified atom stereocenters. The smallest absolute Gasteiger partial charge is 0.121 e. The maximum absolute atomic E-state index is 5.40. The molecule has 0 aromatic heterocycles. The molecule has 0 saturated heterocycles. The predicted octanol–water partition coefficient (Wildman–Crippen LogP) is 1.15. The van der Waals surface area contributed by atoms with Gasteiger partial charge in [-0.1, -0.05) is 25.4 Å². The Hall–Kier alpha value is 0.467. The summed E-state index contributed by atoms with van der Waals surface area (Å²) in [7, 11) is 1.14. The van der Waals surface area contributed by atoms with Crippen LogP contribution in [0.3, 0.4) is 0 Å². The summed E-state index contributed by atoms with van der Waals surface area (Å²) in [6, 6.07) is 0.312. The lowest BCUT2D eigenvalue weighted by Gasteiger charge is -2.26. The zero-order chi connectivity index (χ0) is 7.49. The summed E-state index contributed by atoms with van der Waals surface area (Å²) in [5.74, 6) is 0. The fourth-order valence-electron chi connectivity index (χ4n) is 0.344. The molecule has 0 aromatic carbocycles. The van der Waals surface area contributed by atoms with E-state index in [4.69, 9.17) is 16.3 Å². The van der Waals surface area contributed by atoms with Gasteiger partial charge in [0.15, 0.2) is 0 Å². The van der Waals surface area contributed by atoms with Gasteiger partial charge in [0, 0.05) is 10.2 Å². The van der Waals surface area contributed by atoms with Gasteiger partial charge in [0.1, 0.15) is 6.07 Å². The van der Waals surface area contributed by atoms with Crippen molar-refractivity contribution in [2.75, 3.05) is 6.07 Å². The molecule has 3 heteroatoms. The Morgan fingerprint density at radius 3 is 2.22 bits per heavy atom. The maximum atomic E-state index is 5.40. The topological polar surface area (TPSA) is 9.23 Å². The van der Waals surface area contributed by atoms with Crippen LogP contribution in [0.25, 0.3) is 0 Å². The highest BCUT2D eigenvalue weighted by Gasteiger charge is 2.19. The van der Waals surface area contributed by atoms with E-state index in [0.29, 0.717) is 17.2 Å². The van der Waals surface area contributed by atoms with Crippen molar-refractivity contribution in [3.05, 3.63) is 0 Å². The largest absolute Gasteiger partial charge is 0.363 e. The van der Waals surface area contributed by atoms with Crippen LogP contribution in [-0.4, -0.2) is 22.4 Å². The third-order valence-electron chi connectivity index (χ3n) is 1.53. The van der Waals surface area contributed by atoms with E-state index in [1.165, 1.54) is 0 Å². The van der Waals surface area contributed by atoms with Crippen molar-refractivity contribution in [1.29, 1.82) is 0 Å². The molecule has 0 heterocycles. The zero-order valence-electron chi connectivity index (χ0n) is 6.57. The van der Waals surface area contributed by atoms with Crippen LogP contribution < -0.4 is 0 Å². The number of rotatable bonds is 3. The van der Waals surface area contributed by atoms with Gasteiger partial charge in [-0.05, 0) is 12.0 Å². The van der Waals surface area contributed by atoms with Crippen LogP contribution in [0.15, 0.2) is 0 Å². The SMILES string of the molecule is CC(OCCl)C(C)(C)[SiH3]. The summed E-state index contributed by atoms with van der Waals surface area (Å²) in [5, 5.41) is 0.342. The average molecular weight is 167 g/mol. The van der Waals surface area contributed by atoms with Gasteiger partial charge in [-0.3, -0.25) is 0 Å². The normalized spacial score (nSPS) is 16.0. The van der Waals surface area contributed by atoms with E-state index < -0.39 is 0 Å². The van der Waals surface area contributed by atoms with Crippen LogP contribution in [0.5, 0.6) is 0 Å². The molecule has 0 fully saturated rings. The number of hydrogen-bond acceptors (Lipinski definition) is 1. The first kappa shape index (κ1) is 9.47. The van der Waals surface area contributed by atoms with Gasteiger partial charge >= 0.3 is 0 Å². The fraction of sp³-hybridized carbons (Fsp3) is 1.00. The zero-order valence-corrected chi connectivity index (χ0v) is 9.33. The maximum Gasteiger partial charge on any atom is 0.121 e. The summed E-state index contributed by atoms with van der Waals surface area (Å²) < 4.78 is 5.21. The van der Waals surface area contributed by atoms with E-state index in [0.717, 1.165) is 10.2 Å². The Kier molecular flexibility index (Phi) is 3.78. The average Bonchev–Trinajstić information content (AvgIpc) is 1.64. The second-order valence-electron chi connectivity index (χ2n) is 3.28. The Bertz CT molecular complexity index is 79.6. The van der Waals surface area contributed by atoms with E-state index in [1.807, 2.05) is 0 Å². The van der Waals surface area contributed by atoms with Gasteiger partial charge in [-0.25, -0.2) is 0 Å². The lowest BCUT2D eigenvalue weighted by Crippen LogP contribution is -2.22. The van der Waals surface area contributed by atoms with Gasteiger partial charge < -0.3 is 4.74 Å². The Morgan fingerprint density at radius 2 is 2.11 bits per heavy atom. The van der Waals surface area contributed by atoms with Crippen molar-refractivity contribution < 1.29 is 4.74 Å². The fourth-order valence-corrected chi connectivity index (χ4v) is 0.700. The first-order chi connectivity index (χ1) is 3.98. The molecular formula is C6H15ClOSi. The van der Waals surface area contributed by atoms with E-state index in [-0.39, 0.29) is 0 Å². The Labute approximate surface area is 65.2 Å². The Balaban J connectivity index is 3.59. The molecular weight excluding hydrogens is 152 g/mol. The van der Waals surface area contributed by atoms with Crippen molar-refractivity contribution in [3.8, 4) is 0 Å². The van der Waals surface area contributed by atoms with Crippen molar-refractivity contribution in [2.24, 2.45) is 0 Å². The van der Waals surface area contributed by atoms with Gasteiger partial charge in [-0.15, -0.1) is 0 Å². The third kappa shape index (κ3) is 3.95. The molecule has 0 aliphatic carbocycles. The minimum Gasteiger partial charge on any atom is -0.363 e.